The summed E-state index contributed by atoms with van der Waals surface area (Å²) in [5, 5.41) is 9.42. The van der Waals surface area contributed by atoms with E-state index >= 15 is 0 Å². The Hall–Kier alpha value is -0.970. The van der Waals surface area contributed by atoms with Crippen LogP contribution >= 0.6 is 12.2 Å². The quantitative estimate of drug-likeness (QED) is 0.765. The summed E-state index contributed by atoms with van der Waals surface area (Å²) in [5.41, 5.74) is 7.67. The van der Waals surface area contributed by atoms with E-state index in [1.165, 1.54) is 5.56 Å². The second-order valence-corrected chi connectivity index (χ2v) is 4.68. The van der Waals surface area contributed by atoms with E-state index in [1.807, 2.05) is 24.3 Å². The molecule has 1 unspecified atom stereocenters. The second kappa shape index (κ2) is 4.91. The number of likely N-dealkylation sites (tertiary alicyclic amines) is 1. The van der Waals surface area contributed by atoms with Gasteiger partial charge in [-0.05, 0) is 12.0 Å². The lowest BCUT2D eigenvalue weighted by Crippen LogP contribution is -2.21. The van der Waals surface area contributed by atoms with E-state index in [2.05, 4.69) is 4.90 Å². The molecule has 1 aliphatic heterocycles. The van der Waals surface area contributed by atoms with E-state index < -0.39 is 0 Å². The summed E-state index contributed by atoms with van der Waals surface area (Å²) < 4.78 is 0. The fourth-order valence-electron chi connectivity index (χ4n) is 1.99. The molecule has 0 radical (unpaired) electrons. The first-order chi connectivity index (χ1) is 7.65. The molecule has 1 aliphatic rings. The standard InChI is InChI=1S/C12H16N2OS/c13-12(16)10-3-1-9(2-4-10)7-14-6-5-11(15)8-14/h1-4,11,15H,5-8H2,(H2,13,16). The molecule has 0 amide bonds. The van der Waals surface area contributed by atoms with E-state index in [-0.39, 0.29) is 6.10 Å². The summed E-state index contributed by atoms with van der Waals surface area (Å²) in [6.45, 7) is 2.63. The molecular formula is C12H16N2OS. The summed E-state index contributed by atoms with van der Waals surface area (Å²) in [4.78, 5) is 2.68. The first kappa shape index (κ1) is 11.5. The minimum atomic E-state index is -0.157. The number of benzene rings is 1. The highest BCUT2D eigenvalue weighted by molar-refractivity contribution is 7.80. The Morgan fingerprint density at radius 3 is 2.62 bits per heavy atom. The number of β-amino-alcohol motifs (C(OH)–C–C–N with tert-alkyl or cyclic N) is 1. The Kier molecular flexibility index (Phi) is 3.53. The van der Waals surface area contributed by atoms with Crippen molar-refractivity contribution in [1.29, 1.82) is 0 Å². The minimum Gasteiger partial charge on any atom is -0.392 e. The van der Waals surface area contributed by atoms with Gasteiger partial charge in [-0.25, -0.2) is 0 Å². The molecule has 1 saturated heterocycles. The zero-order valence-electron chi connectivity index (χ0n) is 9.10. The average molecular weight is 236 g/mol. The number of nitrogens with two attached hydrogens (primary N) is 1. The SMILES string of the molecule is NC(=S)c1ccc(CN2CCC(O)C2)cc1. The number of aliphatic hydroxyl groups is 1. The van der Waals surface area contributed by atoms with E-state index in [1.54, 1.807) is 0 Å². The summed E-state index contributed by atoms with van der Waals surface area (Å²) in [7, 11) is 0. The van der Waals surface area contributed by atoms with Gasteiger partial charge in [0.1, 0.15) is 4.99 Å². The Balaban J connectivity index is 1.97. The van der Waals surface area contributed by atoms with Gasteiger partial charge in [-0.15, -0.1) is 0 Å². The van der Waals surface area contributed by atoms with Crippen LogP contribution in [0.1, 0.15) is 17.5 Å². The predicted octanol–water partition coefficient (Wildman–Crippen LogP) is 0.887. The van der Waals surface area contributed by atoms with Gasteiger partial charge in [0.05, 0.1) is 6.10 Å². The smallest absolute Gasteiger partial charge is 0.103 e. The van der Waals surface area contributed by atoms with Crippen molar-refractivity contribution in [2.75, 3.05) is 13.1 Å². The highest BCUT2D eigenvalue weighted by Crippen LogP contribution is 2.13. The van der Waals surface area contributed by atoms with Crippen LogP contribution in [-0.4, -0.2) is 34.2 Å². The molecule has 3 N–H and O–H groups in total. The van der Waals surface area contributed by atoms with Crippen LogP contribution in [0.25, 0.3) is 0 Å². The Labute approximate surface area is 101 Å². The molecule has 2 rings (SSSR count). The second-order valence-electron chi connectivity index (χ2n) is 4.24. The maximum atomic E-state index is 9.42. The van der Waals surface area contributed by atoms with Crippen LogP contribution in [0.5, 0.6) is 0 Å². The zero-order valence-corrected chi connectivity index (χ0v) is 9.91. The van der Waals surface area contributed by atoms with Gasteiger partial charge in [-0.3, -0.25) is 4.90 Å². The molecule has 1 atom stereocenters. The van der Waals surface area contributed by atoms with Gasteiger partial charge in [-0.1, -0.05) is 36.5 Å². The van der Waals surface area contributed by atoms with Crippen molar-refractivity contribution in [1.82, 2.24) is 4.90 Å². The van der Waals surface area contributed by atoms with Crippen LogP contribution < -0.4 is 5.73 Å². The van der Waals surface area contributed by atoms with Crippen molar-refractivity contribution >= 4 is 17.2 Å². The zero-order chi connectivity index (χ0) is 11.5. The van der Waals surface area contributed by atoms with Crippen LogP contribution in [-0.2, 0) is 6.54 Å². The topological polar surface area (TPSA) is 49.5 Å². The van der Waals surface area contributed by atoms with Gasteiger partial charge in [0.15, 0.2) is 0 Å². The van der Waals surface area contributed by atoms with Crippen LogP contribution in [0, 0.1) is 0 Å². The van der Waals surface area contributed by atoms with Gasteiger partial charge < -0.3 is 10.8 Å². The maximum Gasteiger partial charge on any atom is 0.103 e. The molecule has 1 heterocycles. The Morgan fingerprint density at radius 2 is 2.12 bits per heavy atom. The number of rotatable bonds is 3. The summed E-state index contributed by atoms with van der Waals surface area (Å²) in [5.74, 6) is 0. The summed E-state index contributed by atoms with van der Waals surface area (Å²) >= 11 is 4.90. The number of hydrogen-bond donors (Lipinski definition) is 2. The first-order valence-corrected chi connectivity index (χ1v) is 5.85. The molecule has 16 heavy (non-hydrogen) atoms. The largest absolute Gasteiger partial charge is 0.392 e. The molecule has 1 aromatic rings. The maximum absolute atomic E-state index is 9.42. The van der Waals surface area contributed by atoms with Gasteiger partial charge in [0.2, 0.25) is 0 Å². The lowest BCUT2D eigenvalue weighted by molar-refractivity contribution is 0.175. The van der Waals surface area contributed by atoms with Crippen molar-refractivity contribution in [3.8, 4) is 0 Å². The average Bonchev–Trinajstić information content (AvgIpc) is 2.65. The monoisotopic (exact) mass is 236 g/mol. The predicted molar refractivity (Wildman–Crippen MR) is 68.2 cm³/mol. The normalized spacial score (nSPS) is 21.2. The fraction of sp³-hybridized carbons (Fsp3) is 0.417. The van der Waals surface area contributed by atoms with E-state index in [0.29, 0.717) is 4.99 Å². The molecule has 0 spiro atoms. The van der Waals surface area contributed by atoms with Crippen molar-refractivity contribution in [2.45, 2.75) is 19.1 Å². The van der Waals surface area contributed by atoms with E-state index in [0.717, 1.165) is 31.6 Å². The molecule has 1 aromatic carbocycles. The van der Waals surface area contributed by atoms with Gasteiger partial charge in [0.25, 0.3) is 0 Å². The fourth-order valence-corrected chi connectivity index (χ4v) is 2.12. The number of thiocarbonyl (C=S) groups is 1. The van der Waals surface area contributed by atoms with Crippen molar-refractivity contribution in [3.05, 3.63) is 35.4 Å². The molecule has 0 saturated carbocycles. The van der Waals surface area contributed by atoms with Crippen LogP contribution in [0.4, 0.5) is 0 Å². The minimum absolute atomic E-state index is 0.157. The van der Waals surface area contributed by atoms with Crippen molar-refractivity contribution in [2.24, 2.45) is 5.73 Å². The van der Waals surface area contributed by atoms with Crippen LogP contribution in [0.3, 0.4) is 0 Å². The molecule has 0 aliphatic carbocycles. The van der Waals surface area contributed by atoms with Gasteiger partial charge in [-0.2, -0.15) is 0 Å². The van der Waals surface area contributed by atoms with Crippen molar-refractivity contribution < 1.29 is 5.11 Å². The highest BCUT2D eigenvalue weighted by atomic mass is 32.1. The van der Waals surface area contributed by atoms with Gasteiger partial charge in [0, 0.05) is 25.2 Å². The molecule has 0 bridgehead atoms. The molecule has 0 aromatic heterocycles. The summed E-state index contributed by atoms with van der Waals surface area (Å²) in [6.07, 6.45) is 0.723. The van der Waals surface area contributed by atoms with Crippen LogP contribution in [0.15, 0.2) is 24.3 Å². The molecule has 86 valence electrons. The Morgan fingerprint density at radius 1 is 1.44 bits per heavy atom. The third-order valence-electron chi connectivity index (χ3n) is 2.89. The molecule has 3 nitrogen and oxygen atoms in total. The Bertz CT molecular complexity index is 377. The number of nitrogens with zero attached hydrogens (tertiary/aromatic N) is 1. The lowest BCUT2D eigenvalue weighted by atomic mass is 10.1. The summed E-state index contributed by atoms with van der Waals surface area (Å²) in [6, 6.07) is 7.98. The first-order valence-electron chi connectivity index (χ1n) is 5.44. The van der Waals surface area contributed by atoms with E-state index in [9.17, 15) is 5.11 Å². The highest BCUT2D eigenvalue weighted by Gasteiger charge is 2.19. The third-order valence-corrected chi connectivity index (χ3v) is 3.13. The molecule has 1 fully saturated rings. The van der Waals surface area contributed by atoms with Crippen molar-refractivity contribution in [3.63, 3.8) is 0 Å². The van der Waals surface area contributed by atoms with Crippen LogP contribution in [0.2, 0.25) is 0 Å². The van der Waals surface area contributed by atoms with Gasteiger partial charge >= 0.3 is 0 Å². The number of hydrogen-bond acceptors (Lipinski definition) is 3. The lowest BCUT2D eigenvalue weighted by Gasteiger charge is -2.14. The van der Waals surface area contributed by atoms with E-state index in [4.69, 9.17) is 18.0 Å². The number of aliphatic hydroxyl groups excluding tert-OH is 1. The molecule has 4 heteroatoms. The third kappa shape index (κ3) is 2.78. The molecular weight excluding hydrogens is 220 g/mol.